The molecule has 19 heavy (non-hydrogen) atoms. The lowest BCUT2D eigenvalue weighted by Crippen LogP contribution is -2.03. The first-order chi connectivity index (χ1) is 9.34. The number of benzene rings is 2. The summed E-state index contributed by atoms with van der Waals surface area (Å²) in [6.45, 7) is 0. The second-order valence-corrected chi connectivity index (χ2v) is 6.41. The first-order valence-electron chi connectivity index (χ1n) is 6.05. The maximum absolute atomic E-state index is 4.60. The molecule has 0 fully saturated rings. The standard InChI is InChI=1S/C16H12BrNS/c17-16-18-14(11-19-16)15(12-7-3-1-4-8-12)13-9-5-2-6-10-13/h1-11,15H. The topological polar surface area (TPSA) is 12.9 Å². The molecular formula is C16H12BrNS. The van der Waals surface area contributed by atoms with Crippen LogP contribution in [0, 0.1) is 0 Å². The zero-order valence-electron chi connectivity index (χ0n) is 10.2. The summed E-state index contributed by atoms with van der Waals surface area (Å²) >= 11 is 5.08. The lowest BCUT2D eigenvalue weighted by Gasteiger charge is -2.15. The number of halogens is 1. The van der Waals surface area contributed by atoms with E-state index in [0.29, 0.717) is 0 Å². The highest BCUT2D eigenvalue weighted by Crippen LogP contribution is 2.33. The van der Waals surface area contributed by atoms with Crippen LogP contribution in [0.5, 0.6) is 0 Å². The van der Waals surface area contributed by atoms with Gasteiger partial charge in [0, 0.05) is 5.38 Å². The average molecular weight is 330 g/mol. The van der Waals surface area contributed by atoms with Crippen LogP contribution < -0.4 is 0 Å². The van der Waals surface area contributed by atoms with Crippen molar-refractivity contribution < 1.29 is 0 Å². The van der Waals surface area contributed by atoms with Crippen LogP contribution >= 0.6 is 27.3 Å². The van der Waals surface area contributed by atoms with E-state index < -0.39 is 0 Å². The van der Waals surface area contributed by atoms with Crippen molar-refractivity contribution in [2.75, 3.05) is 0 Å². The maximum Gasteiger partial charge on any atom is 0.159 e. The largest absolute Gasteiger partial charge is 0.233 e. The van der Waals surface area contributed by atoms with Crippen LogP contribution in [0.15, 0.2) is 70.0 Å². The summed E-state index contributed by atoms with van der Waals surface area (Å²) in [4.78, 5) is 4.60. The molecule has 0 N–H and O–H groups in total. The lowest BCUT2D eigenvalue weighted by atomic mass is 9.89. The van der Waals surface area contributed by atoms with E-state index in [1.165, 1.54) is 11.1 Å². The number of hydrogen-bond acceptors (Lipinski definition) is 2. The van der Waals surface area contributed by atoms with E-state index in [-0.39, 0.29) is 5.92 Å². The van der Waals surface area contributed by atoms with Crippen molar-refractivity contribution in [3.05, 3.63) is 86.8 Å². The zero-order chi connectivity index (χ0) is 13.1. The molecular weight excluding hydrogens is 318 g/mol. The molecule has 0 atom stereocenters. The summed E-state index contributed by atoms with van der Waals surface area (Å²) in [5.41, 5.74) is 3.63. The molecule has 94 valence electrons. The lowest BCUT2D eigenvalue weighted by molar-refractivity contribution is 0.929. The molecule has 0 bridgehead atoms. The second-order valence-electron chi connectivity index (χ2n) is 4.28. The second kappa shape index (κ2) is 5.68. The summed E-state index contributed by atoms with van der Waals surface area (Å²) in [7, 11) is 0. The van der Waals surface area contributed by atoms with E-state index in [9.17, 15) is 0 Å². The third kappa shape index (κ3) is 2.77. The Morgan fingerprint density at radius 1 is 0.842 bits per heavy atom. The molecule has 0 unspecified atom stereocenters. The summed E-state index contributed by atoms with van der Waals surface area (Å²) in [5.74, 6) is 0.199. The minimum absolute atomic E-state index is 0.199. The van der Waals surface area contributed by atoms with Gasteiger partial charge in [0.25, 0.3) is 0 Å². The van der Waals surface area contributed by atoms with Gasteiger partial charge in [-0.3, -0.25) is 0 Å². The fourth-order valence-electron chi connectivity index (χ4n) is 2.22. The Labute approximate surface area is 125 Å². The van der Waals surface area contributed by atoms with Gasteiger partial charge in [-0.25, -0.2) is 4.98 Å². The molecule has 1 nitrogen and oxygen atoms in total. The molecule has 0 aliphatic carbocycles. The van der Waals surface area contributed by atoms with E-state index in [0.717, 1.165) is 9.61 Å². The monoisotopic (exact) mass is 329 g/mol. The van der Waals surface area contributed by atoms with Gasteiger partial charge in [0.1, 0.15) is 0 Å². The van der Waals surface area contributed by atoms with Crippen LogP contribution in [-0.4, -0.2) is 4.98 Å². The summed E-state index contributed by atoms with van der Waals surface area (Å²) in [6, 6.07) is 21.0. The number of aromatic nitrogens is 1. The molecule has 0 aliphatic heterocycles. The van der Waals surface area contributed by atoms with Gasteiger partial charge in [-0.15, -0.1) is 11.3 Å². The molecule has 3 heteroatoms. The molecule has 1 aromatic heterocycles. The minimum Gasteiger partial charge on any atom is -0.233 e. The molecule has 0 radical (unpaired) electrons. The average Bonchev–Trinajstić information content (AvgIpc) is 2.88. The highest BCUT2D eigenvalue weighted by molar-refractivity contribution is 9.11. The molecule has 1 heterocycles. The Morgan fingerprint density at radius 2 is 1.37 bits per heavy atom. The smallest absolute Gasteiger partial charge is 0.159 e. The van der Waals surface area contributed by atoms with Crippen molar-refractivity contribution >= 4 is 27.3 Å². The van der Waals surface area contributed by atoms with Crippen molar-refractivity contribution in [1.29, 1.82) is 0 Å². The summed E-state index contributed by atoms with van der Waals surface area (Å²) < 4.78 is 0.930. The third-order valence-corrected chi connectivity index (χ3v) is 4.44. The van der Waals surface area contributed by atoms with Crippen molar-refractivity contribution in [1.82, 2.24) is 4.98 Å². The Morgan fingerprint density at radius 3 is 1.79 bits per heavy atom. The SMILES string of the molecule is Brc1nc(C(c2ccccc2)c2ccccc2)cs1. The van der Waals surface area contributed by atoms with Gasteiger partial charge in [-0.2, -0.15) is 0 Å². The number of thiazole rings is 1. The fourth-order valence-corrected chi connectivity index (χ4v) is 3.27. The molecule has 3 rings (SSSR count). The zero-order valence-corrected chi connectivity index (χ0v) is 12.6. The van der Waals surface area contributed by atoms with Crippen LogP contribution in [-0.2, 0) is 0 Å². The normalized spacial score (nSPS) is 10.8. The van der Waals surface area contributed by atoms with Gasteiger partial charge >= 0.3 is 0 Å². The van der Waals surface area contributed by atoms with Crippen LogP contribution in [0.1, 0.15) is 22.7 Å². The first kappa shape index (κ1) is 12.6. The van der Waals surface area contributed by atoms with Gasteiger partial charge in [-0.1, -0.05) is 60.7 Å². The predicted molar refractivity (Wildman–Crippen MR) is 83.6 cm³/mol. The molecule has 0 aliphatic rings. The fraction of sp³-hybridized carbons (Fsp3) is 0.0625. The minimum atomic E-state index is 0.199. The Bertz CT molecular complexity index is 609. The third-order valence-electron chi connectivity index (χ3n) is 3.06. The summed E-state index contributed by atoms with van der Waals surface area (Å²) in [6.07, 6.45) is 0. The van der Waals surface area contributed by atoms with Gasteiger partial charge in [0.05, 0.1) is 11.6 Å². The molecule has 2 aromatic carbocycles. The molecule has 0 spiro atoms. The molecule has 0 amide bonds. The van der Waals surface area contributed by atoms with Crippen LogP contribution in [0.25, 0.3) is 0 Å². The first-order valence-corrected chi connectivity index (χ1v) is 7.72. The number of rotatable bonds is 3. The van der Waals surface area contributed by atoms with Crippen molar-refractivity contribution in [3.63, 3.8) is 0 Å². The highest BCUT2D eigenvalue weighted by atomic mass is 79.9. The van der Waals surface area contributed by atoms with Crippen LogP contribution in [0.3, 0.4) is 0 Å². The van der Waals surface area contributed by atoms with Crippen molar-refractivity contribution in [2.45, 2.75) is 5.92 Å². The molecule has 3 aromatic rings. The van der Waals surface area contributed by atoms with E-state index in [4.69, 9.17) is 0 Å². The van der Waals surface area contributed by atoms with Crippen LogP contribution in [0.2, 0.25) is 0 Å². The Kier molecular flexibility index (Phi) is 3.76. The molecule has 0 saturated heterocycles. The Balaban J connectivity index is 2.11. The number of hydrogen-bond donors (Lipinski definition) is 0. The van der Waals surface area contributed by atoms with Gasteiger partial charge in [0.2, 0.25) is 0 Å². The van der Waals surface area contributed by atoms with Gasteiger partial charge in [-0.05, 0) is 27.1 Å². The van der Waals surface area contributed by atoms with E-state index in [1.54, 1.807) is 11.3 Å². The van der Waals surface area contributed by atoms with Gasteiger partial charge in [0.15, 0.2) is 3.92 Å². The highest BCUT2D eigenvalue weighted by Gasteiger charge is 2.18. The van der Waals surface area contributed by atoms with Gasteiger partial charge < -0.3 is 0 Å². The quantitative estimate of drug-likeness (QED) is 0.652. The Hall–Kier alpha value is -1.45. The number of nitrogens with zero attached hydrogens (tertiary/aromatic N) is 1. The van der Waals surface area contributed by atoms with E-state index >= 15 is 0 Å². The summed E-state index contributed by atoms with van der Waals surface area (Å²) in [5, 5.41) is 2.12. The maximum atomic E-state index is 4.60. The predicted octanol–water partition coefficient (Wildman–Crippen LogP) is 5.09. The van der Waals surface area contributed by atoms with E-state index in [2.05, 4.69) is 74.8 Å². The van der Waals surface area contributed by atoms with Crippen molar-refractivity contribution in [2.24, 2.45) is 0 Å². The molecule has 0 saturated carbocycles. The van der Waals surface area contributed by atoms with E-state index in [1.807, 2.05) is 12.1 Å². The van der Waals surface area contributed by atoms with Crippen molar-refractivity contribution in [3.8, 4) is 0 Å². The van der Waals surface area contributed by atoms with Crippen LogP contribution in [0.4, 0.5) is 0 Å².